The van der Waals surface area contributed by atoms with Crippen molar-refractivity contribution in [2.24, 2.45) is 5.10 Å². The quantitative estimate of drug-likeness (QED) is 0.187. The van der Waals surface area contributed by atoms with Gasteiger partial charge in [-0.05, 0) is 61.0 Å². The Hall–Kier alpha value is -3.54. The molecule has 4 rings (SSSR count). The van der Waals surface area contributed by atoms with Gasteiger partial charge in [0.2, 0.25) is 15.2 Å². The van der Waals surface area contributed by atoms with Crippen LogP contribution in [0.2, 0.25) is 0 Å². The number of ether oxygens (including phenoxy) is 1. The lowest BCUT2D eigenvalue weighted by molar-refractivity contribution is 0.0987. The molecule has 0 saturated carbocycles. The highest BCUT2D eigenvalue weighted by Crippen LogP contribution is 2.32. The number of hydrogen-bond acceptors (Lipinski definition) is 8. The van der Waals surface area contributed by atoms with Gasteiger partial charge in [0.05, 0.1) is 34.7 Å². The van der Waals surface area contributed by atoms with Crippen LogP contribution in [0, 0.1) is 0 Å². The van der Waals surface area contributed by atoms with Crippen molar-refractivity contribution in [2.75, 3.05) is 25.2 Å². The van der Waals surface area contributed by atoms with Crippen LogP contribution in [0.5, 0.6) is 5.75 Å². The van der Waals surface area contributed by atoms with Crippen molar-refractivity contribution >= 4 is 48.8 Å². The molecule has 37 heavy (non-hydrogen) atoms. The third-order valence-corrected chi connectivity index (χ3v) is 8.64. The average Bonchev–Trinajstić information content (AvgIpc) is 3.58. The maximum Gasteiger partial charge on any atom is 0.280 e. The summed E-state index contributed by atoms with van der Waals surface area (Å²) in [6.07, 6.45) is 4.61. The number of fused-ring (bicyclic) bond motifs is 1. The molecule has 0 radical (unpaired) electrons. The first-order valence-corrected chi connectivity index (χ1v) is 14.1. The molecular weight excluding hydrogens is 512 g/mol. The van der Waals surface area contributed by atoms with Gasteiger partial charge in [-0.15, -0.1) is 0 Å². The van der Waals surface area contributed by atoms with E-state index in [9.17, 15) is 13.2 Å². The molecule has 0 aliphatic heterocycles. The van der Waals surface area contributed by atoms with Gasteiger partial charge in [-0.2, -0.15) is 14.4 Å². The van der Waals surface area contributed by atoms with Crippen LogP contribution in [0.4, 0.5) is 5.13 Å². The molecule has 0 atom stereocenters. The SMILES string of the molecule is CCCCN(CC)S(=O)(=O)c1ccc(C(=O)N(/N=C/c2ccco2)c2nc3ccc(OC)cc3s2)cc1. The first-order chi connectivity index (χ1) is 17.9. The van der Waals surface area contributed by atoms with Crippen LogP contribution in [0.25, 0.3) is 10.2 Å². The van der Waals surface area contributed by atoms with E-state index < -0.39 is 15.9 Å². The normalized spacial score (nSPS) is 12.0. The number of sulfonamides is 1. The third-order valence-electron chi connectivity index (χ3n) is 5.65. The standard InChI is InChI=1S/C26H28N4O5S2/c1-4-6-15-29(5-2)37(32,33)22-12-9-19(10-13-22)25(31)30(27-18-21-8-7-16-35-21)26-28-23-14-11-20(34-3)17-24(23)36-26/h7-14,16-18H,4-6,15H2,1-3H3/b27-18+. The molecule has 4 aromatic rings. The van der Waals surface area contributed by atoms with Crippen molar-refractivity contribution in [1.82, 2.24) is 9.29 Å². The van der Waals surface area contributed by atoms with Crippen molar-refractivity contribution in [2.45, 2.75) is 31.6 Å². The summed E-state index contributed by atoms with van der Waals surface area (Å²) < 4.78 is 39.0. The van der Waals surface area contributed by atoms with E-state index in [-0.39, 0.29) is 10.5 Å². The van der Waals surface area contributed by atoms with E-state index in [2.05, 4.69) is 10.1 Å². The van der Waals surface area contributed by atoms with Gasteiger partial charge >= 0.3 is 0 Å². The Balaban J connectivity index is 1.67. The van der Waals surface area contributed by atoms with Crippen LogP contribution in [-0.4, -0.2) is 50.0 Å². The highest BCUT2D eigenvalue weighted by atomic mass is 32.2. The maximum absolute atomic E-state index is 13.6. The highest BCUT2D eigenvalue weighted by molar-refractivity contribution is 7.89. The molecular formula is C26H28N4O5S2. The lowest BCUT2D eigenvalue weighted by atomic mass is 10.2. The highest BCUT2D eigenvalue weighted by Gasteiger charge is 2.25. The van der Waals surface area contributed by atoms with E-state index in [0.717, 1.165) is 17.5 Å². The first kappa shape index (κ1) is 26.5. The van der Waals surface area contributed by atoms with Gasteiger partial charge in [0.1, 0.15) is 11.5 Å². The molecule has 0 aliphatic rings. The number of nitrogens with zero attached hydrogens (tertiary/aromatic N) is 4. The zero-order valence-corrected chi connectivity index (χ0v) is 22.5. The Morgan fingerprint density at radius 1 is 1.16 bits per heavy atom. The van der Waals surface area contributed by atoms with Crippen LogP contribution in [0.15, 0.2) is 75.3 Å². The number of hydrazone groups is 1. The number of amides is 1. The number of benzene rings is 2. The average molecular weight is 541 g/mol. The van der Waals surface area contributed by atoms with Crippen LogP contribution in [0.1, 0.15) is 42.8 Å². The molecule has 0 N–H and O–H groups in total. The van der Waals surface area contributed by atoms with Gasteiger partial charge in [-0.1, -0.05) is 31.6 Å². The van der Waals surface area contributed by atoms with Crippen molar-refractivity contribution < 1.29 is 22.4 Å². The monoisotopic (exact) mass is 540 g/mol. The molecule has 1 amide bonds. The summed E-state index contributed by atoms with van der Waals surface area (Å²) in [5.41, 5.74) is 0.962. The Labute approximate surface area is 220 Å². The largest absolute Gasteiger partial charge is 0.497 e. The minimum atomic E-state index is -3.66. The van der Waals surface area contributed by atoms with Gasteiger partial charge < -0.3 is 9.15 Å². The summed E-state index contributed by atoms with van der Waals surface area (Å²) in [7, 11) is -2.07. The third kappa shape index (κ3) is 5.90. The number of methoxy groups -OCH3 is 1. The lowest BCUT2D eigenvalue weighted by Crippen LogP contribution is -2.32. The second kappa shape index (κ2) is 11.7. The maximum atomic E-state index is 13.6. The second-order valence-electron chi connectivity index (χ2n) is 8.08. The molecule has 0 aliphatic carbocycles. The zero-order chi connectivity index (χ0) is 26.4. The number of aromatic nitrogens is 1. The Morgan fingerprint density at radius 3 is 2.59 bits per heavy atom. The lowest BCUT2D eigenvalue weighted by Gasteiger charge is -2.20. The molecule has 2 heterocycles. The van der Waals surface area contributed by atoms with E-state index in [1.165, 1.54) is 57.4 Å². The molecule has 0 bridgehead atoms. The summed E-state index contributed by atoms with van der Waals surface area (Å²) in [5.74, 6) is 0.682. The molecule has 11 heteroatoms. The fourth-order valence-corrected chi connectivity index (χ4v) is 6.04. The van der Waals surface area contributed by atoms with Crippen molar-refractivity contribution in [3.8, 4) is 5.75 Å². The van der Waals surface area contributed by atoms with Gasteiger partial charge in [0, 0.05) is 18.7 Å². The van der Waals surface area contributed by atoms with Crippen LogP contribution >= 0.6 is 11.3 Å². The van der Waals surface area contributed by atoms with E-state index in [1.807, 2.05) is 26.0 Å². The fourth-order valence-electron chi connectivity index (χ4n) is 3.60. The van der Waals surface area contributed by atoms with Crippen molar-refractivity contribution in [3.63, 3.8) is 0 Å². The number of furan rings is 1. The minimum absolute atomic E-state index is 0.139. The molecule has 9 nitrogen and oxygen atoms in total. The van der Waals surface area contributed by atoms with Gasteiger partial charge in [-0.25, -0.2) is 13.4 Å². The Kier molecular flexibility index (Phi) is 8.37. The number of unbranched alkanes of at least 4 members (excludes halogenated alkanes) is 1. The van der Waals surface area contributed by atoms with Gasteiger partial charge in [0.25, 0.3) is 5.91 Å². The van der Waals surface area contributed by atoms with Gasteiger partial charge in [-0.3, -0.25) is 4.79 Å². The molecule has 0 fully saturated rings. The topological polar surface area (TPSA) is 105 Å². The van der Waals surface area contributed by atoms with E-state index in [4.69, 9.17) is 9.15 Å². The molecule has 0 unspecified atom stereocenters. The Morgan fingerprint density at radius 2 is 1.95 bits per heavy atom. The van der Waals surface area contributed by atoms with Crippen molar-refractivity contribution in [1.29, 1.82) is 0 Å². The van der Waals surface area contributed by atoms with E-state index in [1.54, 1.807) is 25.3 Å². The molecule has 2 aromatic carbocycles. The number of rotatable bonds is 11. The molecule has 0 saturated heterocycles. The first-order valence-electron chi connectivity index (χ1n) is 11.8. The summed E-state index contributed by atoms with van der Waals surface area (Å²) in [6.45, 7) is 4.66. The smallest absolute Gasteiger partial charge is 0.280 e. The van der Waals surface area contributed by atoms with Crippen LogP contribution in [-0.2, 0) is 10.0 Å². The number of hydrogen-bond donors (Lipinski definition) is 0. The van der Waals surface area contributed by atoms with Crippen LogP contribution < -0.4 is 9.75 Å². The van der Waals surface area contributed by atoms with Crippen LogP contribution in [0.3, 0.4) is 0 Å². The predicted molar refractivity (Wildman–Crippen MR) is 145 cm³/mol. The number of carbonyl (C=O) groups is 1. The van der Waals surface area contributed by atoms with E-state index in [0.29, 0.717) is 35.2 Å². The molecule has 2 aromatic heterocycles. The second-order valence-corrected chi connectivity index (χ2v) is 11.0. The van der Waals surface area contributed by atoms with E-state index >= 15 is 0 Å². The minimum Gasteiger partial charge on any atom is -0.497 e. The molecule has 0 spiro atoms. The molecule has 194 valence electrons. The number of thiazole rings is 1. The summed E-state index contributed by atoms with van der Waals surface area (Å²) in [4.78, 5) is 18.3. The summed E-state index contributed by atoms with van der Waals surface area (Å²) >= 11 is 1.28. The number of anilines is 1. The Bertz CT molecular complexity index is 1480. The fraction of sp³-hybridized carbons (Fsp3) is 0.269. The summed E-state index contributed by atoms with van der Waals surface area (Å²) in [6, 6.07) is 14.8. The van der Waals surface area contributed by atoms with Gasteiger partial charge in [0.15, 0.2) is 0 Å². The number of carbonyl (C=O) groups excluding carboxylic acids is 1. The predicted octanol–water partition coefficient (Wildman–Crippen LogP) is 5.39. The summed E-state index contributed by atoms with van der Waals surface area (Å²) in [5, 5.41) is 5.89. The van der Waals surface area contributed by atoms with Crippen molar-refractivity contribution in [3.05, 3.63) is 72.2 Å². The zero-order valence-electron chi connectivity index (χ0n) is 20.8.